The molecule has 0 unspecified atom stereocenters. The summed E-state index contributed by atoms with van der Waals surface area (Å²) in [6.45, 7) is 0. The van der Waals surface area contributed by atoms with E-state index in [1.54, 1.807) is 30.3 Å². The number of halogens is 3. The Hall–Kier alpha value is -3.35. The van der Waals surface area contributed by atoms with Gasteiger partial charge >= 0.3 is 6.18 Å². The summed E-state index contributed by atoms with van der Waals surface area (Å²) in [4.78, 5) is 4.23. The standard InChI is InChI=1S/C19H13F3N4/c20-19(21,22)14-5-1-4-13(9-14)17-11-24-18-8-7-16(25-26(17)18)12-3-2-6-15(23)10-12/h1-11H,23H2. The summed E-state index contributed by atoms with van der Waals surface area (Å²) in [5.41, 5.74) is 8.59. The van der Waals surface area contributed by atoms with Crippen LogP contribution in [0, 0.1) is 0 Å². The van der Waals surface area contributed by atoms with Crippen molar-refractivity contribution >= 4 is 11.3 Å². The van der Waals surface area contributed by atoms with Crippen molar-refractivity contribution in [2.24, 2.45) is 0 Å². The lowest BCUT2D eigenvalue weighted by molar-refractivity contribution is -0.137. The van der Waals surface area contributed by atoms with Gasteiger partial charge in [-0.05, 0) is 36.4 Å². The van der Waals surface area contributed by atoms with Crippen LogP contribution in [-0.4, -0.2) is 14.6 Å². The smallest absolute Gasteiger partial charge is 0.399 e. The summed E-state index contributed by atoms with van der Waals surface area (Å²) in [7, 11) is 0. The van der Waals surface area contributed by atoms with E-state index in [-0.39, 0.29) is 0 Å². The SMILES string of the molecule is Nc1cccc(-c2ccc3ncc(-c4cccc(C(F)(F)F)c4)n3n2)c1. The molecule has 0 aliphatic heterocycles. The van der Waals surface area contributed by atoms with Gasteiger partial charge in [0.15, 0.2) is 5.65 Å². The average Bonchev–Trinajstić information content (AvgIpc) is 3.04. The number of imidazole rings is 1. The Balaban J connectivity index is 1.86. The van der Waals surface area contributed by atoms with Crippen molar-refractivity contribution in [2.45, 2.75) is 6.18 Å². The average molecular weight is 354 g/mol. The first-order valence-electron chi connectivity index (χ1n) is 7.80. The molecular weight excluding hydrogens is 341 g/mol. The topological polar surface area (TPSA) is 56.2 Å². The van der Waals surface area contributed by atoms with Crippen LogP contribution >= 0.6 is 0 Å². The van der Waals surface area contributed by atoms with Crippen molar-refractivity contribution in [1.82, 2.24) is 14.6 Å². The van der Waals surface area contributed by atoms with Crippen molar-refractivity contribution < 1.29 is 13.2 Å². The minimum Gasteiger partial charge on any atom is -0.399 e. The molecule has 2 aromatic carbocycles. The molecule has 0 aliphatic carbocycles. The van der Waals surface area contributed by atoms with Crippen molar-refractivity contribution in [1.29, 1.82) is 0 Å². The molecule has 0 atom stereocenters. The van der Waals surface area contributed by atoms with Gasteiger partial charge in [-0.2, -0.15) is 18.3 Å². The highest BCUT2D eigenvalue weighted by molar-refractivity contribution is 5.68. The predicted octanol–water partition coefficient (Wildman–Crippen LogP) is 4.66. The van der Waals surface area contributed by atoms with Gasteiger partial charge in [0, 0.05) is 16.8 Å². The fraction of sp³-hybridized carbons (Fsp3) is 0.0526. The Morgan fingerprint density at radius 1 is 0.885 bits per heavy atom. The molecule has 4 nitrogen and oxygen atoms in total. The van der Waals surface area contributed by atoms with E-state index < -0.39 is 11.7 Å². The lowest BCUT2D eigenvalue weighted by Crippen LogP contribution is -2.05. The molecule has 2 N–H and O–H groups in total. The van der Waals surface area contributed by atoms with Gasteiger partial charge in [0.25, 0.3) is 0 Å². The number of nitrogens with zero attached hydrogens (tertiary/aromatic N) is 3. The van der Waals surface area contributed by atoms with Crippen molar-refractivity contribution in [3.8, 4) is 22.5 Å². The summed E-state index contributed by atoms with van der Waals surface area (Å²) in [5.74, 6) is 0. The Kier molecular flexibility index (Phi) is 3.64. The van der Waals surface area contributed by atoms with Crippen molar-refractivity contribution in [3.63, 3.8) is 0 Å². The van der Waals surface area contributed by atoms with Crippen LogP contribution in [0.1, 0.15) is 5.56 Å². The van der Waals surface area contributed by atoms with E-state index in [0.29, 0.717) is 28.3 Å². The van der Waals surface area contributed by atoms with Crippen LogP contribution in [0.5, 0.6) is 0 Å². The summed E-state index contributed by atoms with van der Waals surface area (Å²) in [6.07, 6.45) is -2.89. The minimum atomic E-state index is -4.41. The van der Waals surface area contributed by atoms with E-state index >= 15 is 0 Å². The van der Waals surface area contributed by atoms with Gasteiger partial charge in [-0.25, -0.2) is 9.50 Å². The number of hydrogen-bond donors (Lipinski definition) is 1. The number of nitrogen functional groups attached to an aromatic ring is 1. The van der Waals surface area contributed by atoms with Gasteiger partial charge < -0.3 is 5.73 Å². The molecule has 0 amide bonds. The molecule has 0 bridgehead atoms. The fourth-order valence-electron chi connectivity index (χ4n) is 2.78. The maximum atomic E-state index is 13.0. The predicted molar refractivity (Wildman–Crippen MR) is 93.3 cm³/mol. The minimum absolute atomic E-state index is 0.393. The number of alkyl halides is 3. The van der Waals surface area contributed by atoms with Crippen LogP contribution in [0.15, 0.2) is 66.9 Å². The first-order chi connectivity index (χ1) is 12.4. The van der Waals surface area contributed by atoms with E-state index in [9.17, 15) is 13.2 Å². The number of nitrogens with two attached hydrogens (primary N) is 1. The first kappa shape index (κ1) is 16.1. The molecule has 7 heteroatoms. The monoisotopic (exact) mass is 354 g/mol. The Labute approximate surface area is 146 Å². The molecule has 4 rings (SSSR count). The van der Waals surface area contributed by atoms with Crippen molar-refractivity contribution in [3.05, 3.63) is 72.4 Å². The third-order valence-electron chi connectivity index (χ3n) is 4.03. The van der Waals surface area contributed by atoms with Gasteiger partial charge in [0.2, 0.25) is 0 Å². The number of rotatable bonds is 2. The number of fused-ring (bicyclic) bond motifs is 1. The van der Waals surface area contributed by atoms with Gasteiger partial charge in [-0.1, -0.05) is 24.3 Å². The summed E-state index contributed by atoms with van der Waals surface area (Å²) in [5, 5.41) is 4.53. The van der Waals surface area contributed by atoms with Crippen LogP contribution in [0.2, 0.25) is 0 Å². The molecule has 2 heterocycles. The maximum Gasteiger partial charge on any atom is 0.416 e. The second-order valence-corrected chi connectivity index (χ2v) is 5.84. The second kappa shape index (κ2) is 5.87. The largest absolute Gasteiger partial charge is 0.416 e. The third kappa shape index (κ3) is 2.88. The van der Waals surface area contributed by atoms with Gasteiger partial charge in [0.05, 0.1) is 23.1 Å². The molecule has 0 fully saturated rings. The van der Waals surface area contributed by atoms with E-state index in [1.807, 2.05) is 12.1 Å². The Bertz CT molecular complexity index is 1100. The Morgan fingerprint density at radius 2 is 1.65 bits per heavy atom. The summed E-state index contributed by atoms with van der Waals surface area (Å²) >= 11 is 0. The third-order valence-corrected chi connectivity index (χ3v) is 4.03. The zero-order chi connectivity index (χ0) is 18.3. The Morgan fingerprint density at radius 3 is 2.42 bits per heavy atom. The van der Waals surface area contributed by atoms with Crippen LogP contribution in [0.4, 0.5) is 18.9 Å². The van der Waals surface area contributed by atoms with E-state index in [4.69, 9.17) is 5.73 Å². The van der Waals surface area contributed by atoms with Gasteiger partial charge in [-0.3, -0.25) is 0 Å². The maximum absolute atomic E-state index is 13.0. The molecular formula is C19H13F3N4. The summed E-state index contributed by atoms with van der Waals surface area (Å²) < 4.78 is 40.5. The number of anilines is 1. The molecule has 0 aliphatic rings. The lowest BCUT2D eigenvalue weighted by Gasteiger charge is -2.09. The van der Waals surface area contributed by atoms with E-state index in [2.05, 4.69) is 10.1 Å². The number of aromatic nitrogens is 3. The number of hydrogen-bond acceptors (Lipinski definition) is 3. The molecule has 0 radical (unpaired) electrons. The molecule has 0 saturated heterocycles. The lowest BCUT2D eigenvalue weighted by atomic mass is 10.1. The van der Waals surface area contributed by atoms with Gasteiger partial charge in [-0.15, -0.1) is 0 Å². The van der Waals surface area contributed by atoms with Crippen LogP contribution in [0.25, 0.3) is 28.2 Å². The zero-order valence-electron chi connectivity index (χ0n) is 13.4. The van der Waals surface area contributed by atoms with Crippen LogP contribution in [0.3, 0.4) is 0 Å². The molecule has 4 aromatic rings. The molecule has 0 saturated carbocycles. The van der Waals surface area contributed by atoms with Crippen molar-refractivity contribution in [2.75, 3.05) is 5.73 Å². The number of benzene rings is 2. The fourth-order valence-corrected chi connectivity index (χ4v) is 2.78. The molecule has 2 aromatic heterocycles. The van der Waals surface area contributed by atoms with E-state index in [0.717, 1.165) is 17.7 Å². The zero-order valence-corrected chi connectivity index (χ0v) is 13.4. The van der Waals surface area contributed by atoms with Gasteiger partial charge in [0.1, 0.15) is 0 Å². The highest BCUT2D eigenvalue weighted by Crippen LogP contribution is 2.32. The second-order valence-electron chi connectivity index (χ2n) is 5.84. The summed E-state index contributed by atoms with van der Waals surface area (Å²) in [6, 6.07) is 15.9. The van der Waals surface area contributed by atoms with Crippen LogP contribution < -0.4 is 5.73 Å². The quantitative estimate of drug-likeness (QED) is 0.533. The molecule has 26 heavy (non-hydrogen) atoms. The first-order valence-corrected chi connectivity index (χ1v) is 7.80. The molecule has 0 spiro atoms. The highest BCUT2D eigenvalue weighted by Gasteiger charge is 2.30. The highest BCUT2D eigenvalue weighted by atomic mass is 19.4. The normalized spacial score (nSPS) is 11.8. The van der Waals surface area contributed by atoms with Crippen LogP contribution in [-0.2, 0) is 6.18 Å². The van der Waals surface area contributed by atoms with E-state index in [1.165, 1.54) is 16.8 Å². The molecule has 130 valence electrons.